The molecule has 2 aromatic rings. The molecule has 0 fully saturated rings. The Bertz CT molecular complexity index is 795. The van der Waals surface area contributed by atoms with Crippen LogP contribution in [-0.4, -0.2) is 26.5 Å². The molecule has 122 valence electrons. The van der Waals surface area contributed by atoms with Gasteiger partial charge < -0.3 is 4.74 Å². The molecule has 1 aromatic heterocycles. The second kappa shape index (κ2) is 6.24. The van der Waals surface area contributed by atoms with Crippen molar-refractivity contribution < 1.29 is 26.3 Å². The molecule has 1 aromatic carbocycles. The Kier molecular flexibility index (Phi) is 4.55. The lowest BCUT2D eigenvalue weighted by atomic mass is 10.3. The average Bonchev–Trinajstić information content (AvgIpc) is 2.47. The van der Waals surface area contributed by atoms with Crippen molar-refractivity contribution in [3.8, 4) is 5.75 Å². The predicted molar refractivity (Wildman–Crippen MR) is 76.6 cm³/mol. The number of hydrogen-bond donors (Lipinski definition) is 0. The van der Waals surface area contributed by atoms with Crippen molar-refractivity contribution >= 4 is 22.4 Å². The molecule has 23 heavy (non-hydrogen) atoms. The van der Waals surface area contributed by atoms with Gasteiger partial charge in [0.15, 0.2) is 0 Å². The molecule has 2 rings (SSSR count). The third-order valence-corrected chi connectivity index (χ3v) is 4.25. The minimum atomic E-state index is -5.04. The van der Waals surface area contributed by atoms with Crippen LogP contribution in [0, 0.1) is 0 Å². The van der Waals surface area contributed by atoms with Gasteiger partial charge in [0.2, 0.25) is 0 Å². The number of alkyl halides is 3. The zero-order chi connectivity index (χ0) is 17.1. The fourth-order valence-corrected chi connectivity index (χ4v) is 3.07. The average molecular weight is 345 g/mol. The molecule has 0 aliphatic rings. The first-order valence-corrected chi connectivity index (χ1v) is 7.46. The Labute approximate surface area is 129 Å². The zero-order valence-corrected chi connectivity index (χ0v) is 12.3. The van der Waals surface area contributed by atoms with Gasteiger partial charge in [-0.15, -0.1) is 13.2 Å². The lowest BCUT2D eigenvalue weighted by Crippen LogP contribution is -2.27. The molecule has 0 aliphatic carbocycles. The van der Waals surface area contributed by atoms with E-state index in [4.69, 9.17) is 0 Å². The van der Waals surface area contributed by atoms with Crippen molar-refractivity contribution in [1.29, 1.82) is 0 Å². The van der Waals surface area contributed by atoms with Crippen LogP contribution in [0.2, 0.25) is 0 Å². The van der Waals surface area contributed by atoms with Crippen molar-refractivity contribution in [3.05, 3.63) is 48.8 Å². The van der Waals surface area contributed by atoms with Gasteiger partial charge in [-0.3, -0.25) is 4.98 Å². The number of pyridine rings is 1. The normalized spacial score (nSPS) is 11.8. The minimum absolute atomic E-state index is 0.0179. The maximum absolute atomic E-state index is 12.6. The third kappa shape index (κ3) is 3.77. The van der Waals surface area contributed by atoms with Crippen LogP contribution in [0.25, 0.3) is 0 Å². The molecular formula is C13H10F3N3O3S. The third-order valence-electron chi connectivity index (χ3n) is 2.58. The molecule has 0 atom stereocenters. The topological polar surface area (TPSA) is 71.9 Å². The van der Waals surface area contributed by atoms with Crippen LogP contribution in [0.1, 0.15) is 0 Å². The largest absolute Gasteiger partial charge is 0.573 e. The van der Waals surface area contributed by atoms with Gasteiger partial charge in [0.25, 0.3) is 10.0 Å². The van der Waals surface area contributed by atoms with E-state index in [1.807, 2.05) is 0 Å². The van der Waals surface area contributed by atoms with Gasteiger partial charge in [-0.05, 0) is 24.3 Å². The first-order valence-electron chi connectivity index (χ1n) is 6.02. The Balaban J connectivity index is 2.53. The van der Waals surface area contributed by atoms with Gasteiger partial charge in [-0.2, -0.15) is 17.9 Å². The van der Waals surface area contributed by atoms with E-state index < -0.39 is 27.0 Å². The molecule has 0 amide bonds. The molecule has 0 saturated carbocycles. The molecule has 1 heterocycles. The van der Waals surface area contributed by atoms with Crippen LogP contribution in [0.4, 0.5) is 18.9 Å². The van der Waals surface area contributed by atoms with Crippen molar-refractivity contribution in [1.82, 2.24) is 4.98 Å². The summed E-state index contributed by atoms with van der Waals surface area (Å²) in [6.45, 7) is 3.14. The number of hydrazone groups is 1. The van der Waals surface area contributed by atoms with E-state index in [9.17, 15) is 21.6 Å². The summed E-state index contributed by atoms with van der Waals surface area (Å²) in [4.78, 5) is 3.04. The van der Waals surface area contributed by atoms with Gasteiger partial charge in [0, 0.05) is 12.9 Å². The van der Waals surface area contributed by atoms with Crippen LogP contribution in [0.3, 0.4) is 0 Å². The number of para-hydroxylation sites is 1. The fourth-order valence-electron chi connectivity index (χ4n) is 1.73. The highest BCUT2D eigenvalue weighted by Crippen LogP contribution is 2.32. The van der Waals surface area contributed by atoms with E-state index in [0.717, 1.165) is 12.1 Å². The van der Waals surface area contributed by atoms with Crippen molar-refractivity contribution in [2.24, 2.45) is 5.10 Å². The molecule has 0 bridgehead atoms. The van der Waals surface area contributed by atoms with Gasteiger partial charge >= 0.3 is 6.36 Å². The second-order valence-corrected chi connectivity index (χ2v) is 5.83. The summed E-state index contributed by atoms with van der Waals surface area (Å²) in [5.74, 6) is -0.863. The molecular weight excluding hydrogens is 335 g/mol. The van der Waals surface area contributed by atoms with Gasteiger partial charge in [0.1, 0.15) is 10.6 Å². The highest BCUT2D eigenvalue weighted by molar-refractivity contribution is 7.92. The Morgan fingerprint density at radius 2 is 1.87 bits per heavy atom. The smallest absolute Gasteiger partial charge is 0.404 e. The summed E-state index contributed by atoms with van der Waals surface area (Å²) in [7, 11) is -4.47. The molecule has 0 aliphatic heterocycles. The Morgan fingerprint density at radius 1 is 1.17 bits per heavy atom. The van der Waals surface area contributed by atoms with Gasteiger partial charge in [0.05, 0.1) is 11.9 Å². The second-order valence-electron chi connectivity index (χ2n) is 4.10. The molecule has 0 radical (unpaired) electrons. The number of nitrogens with zero attached hydrogens (tertiary/aromatic N) is 3. The maximum Gasteiger partial charge on any atom is 0.573 e. The summed E-state index contributed by atoms with van der Waals surface area (Å²) in [6.07, 6.45) is -2.45. The first kappa shape index (κ1) is 16.7. The Hall–Kier alpha value is -2.62. The van der Waals surface area contributed by atoms with Crippen LogP contribution in [-0.2, 0) is 10.0 Å². The van der Waals surface area contributed by atoms with Crippen LogP contribution in [0.5, 0.6) is 5.75 Å². The fraction of sp³-hybridized carbons (Fsp3) is 0.0769. The maximum atomic E-state index is 12.6. The number of anilines is 1. The van der Waals surface area contributed by atoms with E-state index in [1.54, 1.807) is 0 Å². The van der Waals surface area contributed by atoms with E-state index in [1.165, 1.54) is 36.7 Å². The Morgan fingerprint density at radius 3 is 2.43 bits per heavy atom. The SMILES string of the molecule is C=NN(c1cccnc1)S(=O)(=O)c1ccccc1OC(F)(F)F. The monoisotopic (exact) mass is 345 g/mol. The summed E-state index contributed by atoms with van der Waals surface area (Å²) in [5.41, 5.74) is 0.0179. The van der Waals surface area contributed by atoms with Crippen LogP contribution in [0.15, 0.2) is 58.8 Å². The van der Waals surface area contributed by atoms with E-state index in [-0.39, 0.29) is 5.69 Å². The van der Waals surface area contributed by atoms with Crippen molar-refractivity contribution in [3.63, 3.8) is 0 Å². The number of sulfonamides is 1. The van der Waals surface area contributed by atoms with Crippen LogP contribution < -0.4 is 9.15 Å². The molecule has 10 heteroatoms. The van der Waals surface area contributed by atoms with E-state index >= 15 is 0 Å². The predicted octanol–water partition coefficient (Wildman–Crippen LogP) is 2.79. The summed E-state index contributed by atoms with van der Waals surface area (Å²) < 4.78 is 66.7. The summed E-state index contributed by atoms with van der Waals surface area (Å²) >= 11 is 0. The number of rotatable bonds is 5. The number of ether oxygens (including phenoxy) is 1. The standard InChI is InChI=1S/C13H10F3N3O3S/c1-17-19(10-5-4-8-18-9-10)23(20,21)12-7-3-2-6-11(12)22-13(14,15)16/h2-9H,1H2. The van der Waals surface area contributed by atoms with Gasteiger partial charge in [-0.1, -0.05) is 12.1 Å². The highest BCUT2D eigenvalue weighted by atomic mass is 32.2. The number of halogens is 3. The van der Waals surface area contributed by atoms with Crippen molar-refractivity contribution in [2.45, 2.75) is 11.3 Å². The lowest BCUT2D eigenvalue weighted by molar-refractivity contribution is -0.275. The molecule has 0 unspecified atom stereocenters. The molecule has 0 saturated heterocycles. The molecule has 6 nitrogen and oxygen atoms in total. The zero-order valence-electron chi connectivity index (χ0n) is 11.4. The van der Waals surface area contributed by atoms with Crippen molar-refractivity contribution in [2.75, 3.05) is 4.41 Å². The first-order chi connectivity index (χ1) is 10.8. The minimum Gasteiger partial charge on any atom is -0.404 e. The van der Waals surface area contributed by atoms with E-state index in [2.05, 4.69) is 21.5 Å². The number of aromatic nitrogens is 1. The van der Waals surface area contributed by atoms with E-state index in [0.29, 0.717) is 4.41 Å². The summed E-state index contributed by atoms with van der Waals surface area (Å²) in [5, 5.41) is 3.36. The molecule has 0 spiro atoms. The molecule has 0 N–H and O–H groups in total. The van der Waals surface area contributed by atoms with Gasteiger partial charge in [-0.25, -0.2) is 0 Å². The summed E-state index contributed by atoms with van der Waals surface area (Å²) in [6, 6.07) is 7.17. The highest BCUT2D eigenvalue weighted by Gasteiger charge is 2.35. The quantitative estimate of drug-likeness (QED) is 0.617. The van der Waals surface area contributed by atoms with Crippen LogP contribution >= 0.6 is 0 Å². The number of hydrogen-bond acceptors (Lipinski definition) is 5. The number of benzene rings is 1. The lowest BCUT2D eigenvalue weighted by Gasteiger charge is -2.20.